The van der Waals surface area contributed by atoms with E-state index in [1.807, 2.05) is 51.2 Å². The first kappa shape index (κ1) is 19.3. The topological polar surface area (TPSA) is 46.5 Å². The number of ketones is 1. The van der Waals surface area contributed by atoms with Crippen molar-refractivity contribution in [2.45, 2.75) is 53.4 Å². The van der Waals surface area contributed by atoms with Gasteiger partial charge in [-0.25, -0.2) is 0 Å². The summed E-state index contributed by atoms with van der Waals surface area (Å²) in [7, 11) is 0. The van der Waals surface area contributed by atoms with E-state index in [0.29, 0.717) is 0 Å². The molecule has 0 bridgehead atoms. The average Bonchev–Trinajstić information content (AvgIpc) is 2.79. The monoisotopic (exact) mass is 315 g/mol. The highest BCUT2D eigenvalue weighted by Gasteiger charge is 2.53. The number of nitroso groups, excluding NO2 is 1. The molecule has 0 amide bonds. The molecule has 2 unspecified atom stereocenters. The van der Waals surface area contributed by atoms with Crippen LogP contribution in [-0.2, 0) is 4.79 Å². The molecule has 3 heteroatoms. The molecule has 3 nitrogen and oxygen atoms in total. The van der Waals surface area contributed by atoms with Gasteiger partial charge in [-0.15, -0.1) is 0 Å². The van der Waals surface area contributed by atoms with Crippen LogP contribution in [0.5, 0.6) is 0 Å². The van der Waals surface area contributed by atoms with Crippen LogP contribution in [0.15, 0.2) is 53.3 Å². The van der Waals surface area contributed by atoms with Crippen LogP contribution in [0.4, 0.5) is 0 Å². The number of nitrogens with zero attached hydrogens (tertiary/aromatic N) is 1. The van der Waals surface area contributed by atoms with E-state index < -0.39 is 5.41 Å². The Bertz CT molecular complexity index is 542. The largest absolute Gasteiger partial charge is 0.298 e. The molecule has 23 heavy (non-hydrogen) atoms. The first-order valence-corrected chi connectivity index (χ1v) is 8.43. The highest BCUT2D eigenvalue weighted by molar-refractivity contribution is 5.92. The van der Waals surface area contributed by atoms with Crippen molar-refractivity contribution in [3.8, 4) is 0 Å². The van der Waals surface area contributed by atoms with Crippen molar-refractivity contribution in [3.63, 3.8) is 0 Å². The highest BCUT2D eigenvalue weighted by Crippen LogP contribution is 2.51. The second kappa shape index (κ2) is 8.76. The molecular formula is C20H29NO2. The third kappa shape index (κ3) is 4.60. The third-order valence-electron chi connectivity index (χ3n) is 4.93. The van der Waals surface area contributed by atoms with Gasteiger partial charge in [-0.3, -0.25) is 4.79 Å². The fraction of sp³-hybridized carbons (Fsp3) is 0.550. The van der Waals surface area contributed by atoms with Crippen molar-refractivity contribution in [2.75, 3.05) is 6.54 Å². The number of carbonyl (C=O) groups is 1. The first-order chi connectivity index (χ1) is 11.0. The van der Waals surface area contributed by atoms with Gasteiger partial charge in [0.15, 0.2) is 0 Å². The van der Waals surface area contributed by atoms with E-state index in [4.69, 9.17) is 0 Å². The average molecular weight is 315 g/mol. The molecule has 0 aliphatic heterocycles. The van der Waals surface area contributed by atoms with E-state index in [0.717, 1.165) is 31.3 Å². The number of hydrogen-bond donors (Lipinski definition) is 0. The van der Waals surface area contributed by atoms with E-state index in [9.17, 15) is 9.70 Å². The van der Waals surface area contributed by atoms with Crippen LogP contribution in [0.1, 0.15) is 53.4 Å². The number of carbonyl (C=O) groups excluding carboxylic acids is 1. The first-order valence-electron chi connectivity index (χ1n) is 8.43. The van der Waals surface area contributed by atoms with Gasteiger partial charge in [0.05, 0.1) is 6.54 Å². The molecule has 1 fully saturated rings. The zero-order valence-electron chi connectivity index (χ0n) is 14.8. The fourth-order valence-electron chi connectivity index (χ4n) is 3.38. The van der Waals surface area contributed by atoms with Crippen LogP contribution in [0.25, 0.3) is 0 Å². The van der Waals surface area contributed by atoms with Crippen molar-refractivity contribution < 1.29 is 4.79 Å². The lowest BCUT2D eigenvalue weighted by molar-refractivity contribution is -0.132. The van der Waals surface area contributed by atoms with Crippen LogP contribution in [-0.4, -0.2) is 12.3 Å². The number of Topliss-reactive ketones (excluding diaryl/α,β-unsaturated/α-hetero) is 1. The SMILES string of the molecule is C\C=C/C=C(\C=C/C=C/C)CC1(CC)CCC(C)(CN=O)C1=O. The second-order valence-electron chi connectivity index (χ2n) is 6.64. The number of rotatable bonds is 8. The van der Waals surface area contributed by atoms with Gasteiger partial charge >= 0.3 is 0 Å². The maximum absolute atomic E-state index is 13.0. The molecule has 1 rings (SSSR count). The maximum Gasteiger partial charge on any atom is 0.147 e. The van der Waals surface area contributed by atoms with E-state index in [1.165, 1.54) is 0 Å². The molecular weight excluding hydrogens is 286 g/mol. The van der Waals surface area contributed by atoms with Gasteiger partial charge < -0.3 is 0 Å². The van der Waals surface area contributed by atoms with Gasteiger partial charge in [0.2, 0.25) is 0 Å². The van der Waals surface area contributed by atoms with Crippen molar-refractivity contribution >= 4 is 5.78 Å². The summed E-state index contributed by atoms with van der Waals surface area (Å²) < 4.78 is 0. The summed E-state index contributed by atoms with van der Waals surface area (Å²) in [6, 6.07) is 0. The summed E-state index contributed by atoms with van der Waals surface area (Å²) in [5, 5.41) is 3.01. The van der Waals surface area contributed by atoms with Crippen LogP contribution in [0.3, 0.4) is 0 Å². The minimum absolute atomic E-state index is 0.0932. The number of hydrogen-bond acceptors (Lipinski definition) is 3. The van der Waals surface area contributed by atoms with Gasteiger partial charge in [-0.05, 0) is 45.1 Å². The Morgan fingerprint density at radius 1 is 1.17 bits per heavy atom. The van der Waals surface area contributed by atoms with E-state index in [1.54, 1.807) is 0 Å². The summed E-state index contributed by atoms with van der Waals surface area (Å²) in [5.74, 6) is 0.206. The Hall–Kier alpha value is -1.77. The zero-order valence-corrected chi connectivity index (χ0v) is 14.8. The Morgan fingerprint density at radius 3 is 2.43 bits per heavy atom. The van der Waals surface area contributed by atoms with Crippen molar-refractivity contribution in [1.82, 2.24) is 0 Å². The molecule has 2 atom stereocenters. The predicted octanol–water partition coefficient (Wildman–Crippen LogP) is 5.54. The summed E-state index contributed by atoms with van der Waals surface area (Å²) >= 11 is 0. The van der Waals surface area contributed by atoms with Crippen molar-refractivity contribution in [3.05, 3.63) is 53.0 Å². The van der Waals surface area contributed by atoms with Crippen LogP contribution in [0.2, 0.25) is 0 Å². The lowest BCUT2D eigenvalue weighted by Gasteiger charge is -2.29. The quantitative estimate of drug-likeness (QED) is 0.436. The van der Waals surface area contributed by atoms with Crippen molar-refractivity contribution in [1.29, 1.82) is 0 Å². The summed E-state index contributed by atoms with van der Waals surface area (Å²) in [6.07, 6.45) is 17.2. The lowest BCUT2D eigenvalue weighted by Crippen LogP contribution is -2.35. The van der Waals surface area contributed by atoms with Gasteiger partial charge in [0, 0.05) is 10.8 Å². The smallest absolute Gasteiger partial charge is 0.147 e. The molecule has 0 heterocycles. The third-order valence-corrected chi connectivity index (χ3v) is 4.93. The van der Waals surface area contributed by atoms with Crippen molar-refractivity contribution in [2.24, 2.45) is 16.0 Å². The molecule has 0 spiro atoms. The summed E-state index contributed by atoms with van der Waals surface area (Å²) in [5.41, 5.74) is 0.184. The highest BCUT2D eigenvalue weighted by atomic mass is 16.3. The molecule has 0 aromatic carbocycles. The van der Waals surface area contributed by atoms with E-state index in [-0.39, 0.29) is 17.7 Å². The molecule has 0 radical (unpaired) electrons. The minimum atomic E-state index is -0.587. The fourth-order valence-corrected chi connectivity index (χ4v) is 3.38. The van der Waals surface area contributed by atoms with Crippen LogP contribution < -0.4 is 0 Å². The molecule has 0 aromatic rings. The molecule has 1 aliphatic rings. The maximum atomic E-state index is 13.0. The molecule has 1 aliphatic carbocycles. The Labute approximate surface area is 140 Å². The van der Waals surface area contributed by atoms with Gasteiger partial charge in [-0.2, -0.15) is 4.91 Å². The van der Waals surface area contributed by atoms with Gasteiger partial charge in [0.25, 0.3) is 0 Å². The molecule has 1 saturated carbocycles. The predicted molar refractivity (Wildman–Crippen MR) is 97.2 cm³/mol. The Balaban J connectivity index is 3.08. The standard InChI is InChI=1S/C20H29NO2/c1-5-8-10-12-17(11-9-6-2)15-20(7-3)14-13-19(4,16-21-23)18(20)22/h5-6,8-12H,7,13-16H2,1-4H3/b8-5+,9-6-,12-10-,17-11+. The lowest BCUT2D eigenvalue weighted by atomic mass is 9.73. The van der Waals surface area contributed by atoms with Gasteiger partial charge in [0.1, 0.15) is 5.78 Å². The van der Waals surface area contributed by atoms with E-state index >= 15 is 0 Å². The van der Waals surface area contributed by atoms with Gasteiger partial charge in [-0.1, -0.05) is 61.6 Å². The Kier molecular flexibility index (Phi) is 7.34. The zero-order chi connectivity index (χ0) is 17.3. The Morgan fingerprint density at radius 2 is 1.87 bits per heavy atom. The minimum Gasteiger partial charge on any atom is -0.298 e. The van der Waals surface area contributed by atoms with Crippen LogP contribution >= 0.6 is 0 Å². The summed E-state index contributed by atoms with van der Waals surface area (Å²) in [6.45, 7) is 8.01. The second-order valence-corrected chi connectivity index (χ2v) is 6.64. The molecule has 0 saturated heterocycles. The molecule has 126 valence electrons. The molecule has 0 N–H and O–H groups in total. The summed E-state index contributed by atoms with van der Waals surface area (Å²) in [4.78, 5) is 23.7. The number of allylic oxidation sites excluding steroid dienone is 8. The molecule has 0 aromatic heterocycles. The van der Waals surface area contributed by atoms with E-state index in [2.05, 4.69) is 24.3 Å². The van der Waals surface area contributed by atoms with Crippen LogP contribution in [0, 0.1) is 15.7 Å². The normalized spacial score (nSPS) is 29.4.